The number of halogens is 1. The van der Waals surface area contributed by atoms with Crippen molar-refractivity contribution in [3.63, 3.8) is 0 Å². The van der Waals surface area contributed by atoms with Crippen molar-refractivity contribution in [3.05, 3.63) is 0 Å². The first-order chi connectivity index (χ1) is 4.18. The molecule has 0 N–H and O–H groups in total. The average Bonchev–Trinajstić information content (AvgIpc) is 1.82. The van der Waals surface area contributed by atoms with E-state index in [4.69, 9.17) is 0 Å². The second-order valence-electron chi connectivity index (χ2n) is 1.05. The monoisotopic (exact) mass is 152 g/mol. The van der Waals surface area contributed by atoms with Gasteiger partial charge in [-0.2, -0.15) is 4.89 Å². The van der Waals surface area contributed by atoms with E-state index in [2.05, 4.69) is 21.4 Å². The Balaban J connectivity index is 3.39. The van der Waals surface area contributed by atoms with Crippen molar-refractivity contribution in [3.8, 4) is 0 Å². The highest BCUT2D eigenvalue weighted by molar-refractivity contribution is 6.80. The summed E-state index contributed by atoms with van der Waals surface area (Å²) in [7, 11) is 0. The van der Waals surface area contributed by atoms with E-state index in [1.54, 1.807) is 6.92 Å². The van der Waals surface area contributed by atoms with Crippen LogP contribution in [0.3, 0.4) is 0 Å². The molecular formula is C4H5ClO4. The summed E-state index contributed by atoms with van der Waals surface area (Å²) in [6, 6.07) is 0. The molecule has 0 rings (SSSR count). The lowest BCUT2D eigenvalue weighted by Crippen LogP contribution is -2.11. The van der Waals surface area contributed by atoms with E-state index < -0.39 is 11.2 Å². The molecule has 52 valence electrons. The molecule has 0 amide bonds. The Bertz CT molecular complexity index is 122. The quantitative estimate of drug-likeness (QED) is 0.252. The summed E-state index contributed by atoms with van der Waals surface area (Å²) < 4.78 is 0. The Kier molecular flexibility index (Phi) is 4.00. The predicted molar refractivity (Wildman–Crippen MR) is 28.6 cm³/mol. The highest BCUT2D eigenvalue weighted by Crippen LogP contribution is 1.86. The summed E-state index contributed by atoms with van der Waals surface area (Å²) in [4.78, 5) is 27.9. The normalized spacial score (nSPS) is 8.67. The first-order valence-electron chi connectivity index (χ1n) is 2.21. The van der Waals surface area contributed by atoms with Crippen molar-refractivity contribution < 1.29 is 19.4 Å². The van der Waals surface area contributed by atoms with Gasteiger partial charge in [-0.15, -0.1) is 0 Å². The Hall–Kier alpha value is -0.610. The second kappa shape index (κ2) is 4.29. The maximum absolute atomic E-state index is 10.1. The van der Waals surface area contributed by atoms with E-state index in [1.807, 2.05) is 0 Å². The molecule has 0 unspecified atom stereocenters. The lowest BCUT2D eigenvalue weighted by Gasteiger charge is -1.94. The van der Waals surface area contributed by atoms with Crippen LogP contribution in [0.2, 0.25) is 0 Å². The van der Waals surface area contributed by atoms with Crippen molar-refractivity contribution in [2.75, 3.05) is 6.61 Å². The summed E-state index contributed by atoms with van der Waals surface area (Å²) in [5.41, 5.74) is 0. The maximum atomic E-state index is 10.1. The zero-order valence-corrected chi connectivity index (χ0v) is 5.47. The van der Waals surface area contributed by atoms with Crippen molar-refractivity contribution in [2.45, 2.75) is 6.92 Å². The van der Waals surface area contributed by atoms with E-state index in [0.29, 0.717) is 0 Å². The summed E-state index contributed by atoms with van der Waals surface area (Å²) in [6.45, 7) is 1.79. The lowest BCUT2D eigenvalue weighted by atomic mass is 10.8. The first kappa shape index (κ1) is 8.39. The maximum Gasteiger partial charge on any atom is 0.424 e. The predicted octanol–water partition coefficient (Wildman–Crippen LogP) is 0.246. The molecule has 0 atom stereocenters. The van der Waals surface area contributed by atoms with Gasteiger partial charge in [-0.3, -0.25) is 9.68 Å². The molecule has 4 nitrogen and oxygen atoms in total. The minimum atomic E-state index is -1.20. The Morgan fingerprint density at radius 3 is 2.44 bits per heavy atom. The molecular weight excluding hydrogens is 147 g/mol. The van der Waals surface area contributed by atoms with Crippen LogP contribution >= 0.6 is 11.6 Å². The highest BCUT2D eigenvalue weighted by atomic mass is 35.5. The zero-order valence-electron chi connectivity index (χ0n) is 4.72. The van der Waals surface area contributed by atoms with Crippen LogP contribution in [-0.4, -0.2) is 17.8 Å². The van der Waals surface area contributed by atoms with Crippen LogP contribution in [0.15, 0.2) is 0 Å². The molecule has 0 radical (unpaired) electrons. The lowest BCUT2D eigenvalue weighted by molar-refractivity contribution is -0.265. The van der Waals surface area contributed by atoms with Gasteiger partial charge in [-0.25, -0.2) is 4.79 Å². The first-order valence-corrected chi connectivity index (χ1v) is 2.59. The Morgan fingerprint density at radius 2 is 2.11 bits per heavy atom. The SMILES string of the molecule is CCOOC(=O)C(=O)Cl. The Morgan fingerprint density at radius 1 is 1.56 bits per heavy atom. The second-order valence-corrected chi connectivity index (χ2v) is 1.39. The largest absolute Gasteiger partial charge is 0.424 e. The van der Waals surface area contributed by atoms with Crippen LogP contribution in [-0.2, 0) is 19.4 Å². The number of hydrogen-bond donors (Lipinski definition) is 0. The van der Waals surface area contributed by atoms with Gasteiger partial charge in [0.05, 0.1) is 6.61 Å². The van der Waals surface area contributed by atoms with Crippen LogP contribution < -0.4 is 0 Å². The van der Waals surface area contributed by atoms with Crippen LogP contribution in [0, 0.1) is 0 Å². The van der Waals surface area contributed by atoms with Crippen LogP contribution in [0.5, 0.6) is 0 Å². The number of carbonyl (C=O) groups excluding carboxylic acids is 2. The molecule has 9 heavy (non-hydrogen) atoms. The van der Waals surface area contributed by atoms with Gasteiger partial charge >= 0.3 is 11.2 Å². The standard InChI is InChI=1S/C4H5ClO4/c1-2-8-9-4(7)3(5)6/h2H2,1H3. The van der Waals surface area contributed by atoms with Gasteiger partial charge in [0.25, 0.3) is 0 Å². The molecule has 0 aromatic heterocycles. The van der Waals surface area contributed by atoms with Crippen molar-refractivity contribution >= 4 is 22.8 Å². The fraction of sp³-hybridized carbons (Fsp3) is 0.500. The molecule has 0 heterocycles. The highest BCUT2D eigenvalue weighted by Gasteiger charge is 2.11. The summed E-state index contributed by atoms with van der Waals surface area (Å²) in [5, 5.41) is -1.19. The van der Waals surface area contributed by atoms with E-state index >= 15 is 0 Å². The van der Waals surface area contributed by atoms with Crippen LogP contribution in [0.1, 0.15) is 6.92 Å². The molecule has 0 aromatic rings. The minimum absolute atomic E-state index is 0.190. The third kappa shape index (κ3) is 3.93. The summed E-state index contributed by atoms with van der Waals surface area (Å²) in [6.07, 6.45) is 0. The molecule has 0 aromatic carbocycles. The van der Waals surface area contributed by atoms with Gasteiger partial charge in [0.1, 0.15) is 0 Å². The van der Waals surface area contributed by atoms with E-state index in [-0.39, 0.29) is 6.61 Å². The third-order valence-electron chi connectivity index (χ3n) is 0.413. The molecule has 0 aliphatic rings. The number of carbonyl (C=O) groups is 2. The number of hydrogen-bond acceptors (Lipinski definition) is 4. The smallest absolute Gasteiger partial charge is 0.288 e. The molecule has 0 aliphatic carbocycles. The molecule has 0 saturated carbocycles. The van der Waals surface area contributed by atoms with Crippen molar-refractivity contribution in [1.82, 2.24) is 0 Å². The average molecular weight is 153 g/mol. The van der Waals surface area contributed by atoms with Gasteiger partial charge in [-0.1, -0.05) is 0 Å². The Labute approximate surface area is 56.6 Å². The summed E-state index contributed by atoms with van der Waals surface area (Å²) in [5.74, 6) is -1.20. The minimum Gasteiger partial charge on any atom is -0.288 e. The summed E-state index contributed by atoms with van der Waals surface area (Å²) >= 11 is 4.67. The fourth-order valence-corrected chi connectivity index (χ4v) is 0.177. The van der Waals surface area contributed by atoms with Gasteiger partial charge in [0.2, 0.25) is 0 Å². The van der Waals surface area contributed by atoms with Crippen molar-refractivity contribution in [2.24, 2.45) is 0 Å². The van der Waals surface area contributed by atoms with Gasteiger partial charge in [0.15, 0.2) is 0 Å². The van der Waals surface area contributed by atoms with Gasteiger partial charge in [-0.05, 0) is 18.5 Å². The molecule has 0 fully saturated rings. The van der Waals surface area contributed by atoms with E-state index in [0.717, 1.165) is 0 Å². The molecule has 0 bridgehead atoms. The molecule has 0 spiro atoms. The molecule has 0 aliphatic heterocycles. The van der Waals surface area contributed by atoms with E-state index in [1.165, 1.54) is 0 Å². The van der Waals surface area contributed by atoms with E-state index in [9.17, 15) is 9.59 Å². The van der Waals surface area contributed by atoms with Crippen LogP contribution in [0.4, 0.5) is 0 Å². The zero-order chi connectivity index (χ0) is 7.28. The number of rotatable bonds is 3. The molecule has 0 saturated heterocycles. The molecule has 5 heteroatoms. The topological polar surface area (TPSA) is 52.6 Å². The van der Waals surface area contributed by atoms with Gasteiger partial charge in [0, 0.05) is 0 Å². The van der Waals surface area contributed by atoms with Crippen molar-refractivity contribution in [1.29, 1.82) is 0 Å². The van der Waals surface area contributed by atoms with Crippen LogP contribution in [0.25, 0.3) is 0 Å². The van der Waals surface area contributed by atoms with Gasteiger partial charge < -0.3 is 0 Å². The third-order valence-corrected chi connectivity index (χ3v) is 0.567. The fourth-order valence-electron chi connectivity index (χ4n) is 0.145.